The molecule has 2 rings (SSSR count). The van der Waals surface area contributed by atoms with E-state index < -0.39 is 17.5 Å². The van der Waals surface area contributed by atoms with Crippen molar-refractivity contribution in [2.24, 2.45) is 5.73 Å². The molecule has 0 unspecified atom stereocenters. The Kier molecular flexibility index (Phi) is 4.65. The first-order valence-corrected chi connectivity index (χ1v) is 6.54. The van der Waals surface area contributed by atoms with Crippen LogP contribution in [0.4, 0.5) is 8.78 Å². The van der Waals surface area contributed by atoms with Crippen LogP contribution >= 0.6 is 0 Å². The molecule has 0 aliphatic carbocycles. The van der Waals surface area contributed by atoms with Gasteiger partial charge >= 0.3 is 0 Å². The zero-order valence-electron chi connectivity index (χ0n) is 11.6. The first kappa shape index (κ1) is 15.1. The van der Waals surface area contributed by atoms with Crippen LogP contribution in [0.3, 0.4) is 0 Å². The van der Waals surface area contributed by atoms with Crippen LogP contribution in [0.1, 0.15) is 34.5 Å². The zero-order valence-corrected chi connectivity index (χ0v) is 11.6. The fraction of sp³-hybridized carbons (Fsp3) is 0.188. The Morgan fingerprint density at radius 3 is 2.38 bits per heavy atom. The van der Waals surface area contributed by atoms with E-state index >= 15 is 0 Å². The molecule has 0 aliphatic heterocycles. The normalized spacial score (nSPS) is 12.1. The van der Waals surface area contributed by atoms with Crippen molar-refractivity contribution in [3.63, 3.8) is 0 Å². The van der Waals surface area contributed by atoms with Gasteiger partial charge in [-0.05, 0) is 42.3 Å². The number of carbonyl (C=O) groups excluding carboxylic acids is 1. The Hall–Kier alpha value is -2.27. The van der Waals surface area contributed by atoms with Gasteiger partial charge in [0, 0.05) is 18.2 Å². The third kappa shape index (κ3) is 3.86. The van der Waals surface area contributed by atoms with Gasteiger partial charge in [0.05, 0.1) is 0 Å². The average molecular weight is 290 g/mol. The number of rotatable bonds is 5. The summed E-state index contributed by atoms with van der Waals surface area (Å²) in [5.74, 6) is -2.18. The van der Waals surface area contributed by atoms with E-state index in [0.717, 1.165) is 11.6 Å². The summed E-state index contributed by atoms with van der Waals surface area (Å²) in [6.45, 7) is 2.41. The van der Waals surface area contributed by atoms with E-state index in [9.17, 15) is 13.6 Å². The van der Waals surface area contributed by atoms with Crippen molar-refractivity contribution in [3.8, 4) is 0 Å². The van der Waals surface area contributed by atoms with Crippen LogP contribution in [0.5, 0.6) is 0 Å². The number of nitrogens with two attached hydrogens (primary N) is 1. The van der Waals surface area contributed by atoms with Gasteiger partial charge in [-0.3, -0.25) is 4.79 Å². The topological polar surface area (TPSA) is 55.1 Å². The van der Waals surface area contributed by atoms with Crippen molar-refractivity contribution in [1.82, 2.24) is 5.32 Å². The van der Waals surface area contributed by atoms with Crippen LogP contribution in [0.25, 0.3) is 0 Å². The molecule has 2 aromatic rings. The fourth-order valence-electron chi connectivity index (χ4n) is 1.96. The number of carbonyl (C=O) groups is 1. The Bertz CT molecular complexity index is 641. The molecule has 0 saturated heterocycles. The number of halogens is 2. The zero-order chi connectivity index (χ0) is 15.4. The summed E-state index contributed by atoms with van der Waals surface area (Å²) < 4.78 is 26.1. The predicted molar refractivity (Wildman–Crippen MR) is 76.6 cm³/mol. The van der Waals surface area contributed by atoms with Crippen molar-refractivity contribution < 1.29 is 13.6 Å². The predicted octanol–water partition coefficient (Wildman–Crippen LogP) is 2.91. The minimum Gasteiger partial charge on any atom is -0.366 e. The van der Waals surface area contributed by atoms with Gasteiger partial charge in [-0.1, -0.05) is 18.2 Å². The standard InChI is InChI=1S/C16H16F2N2O/c1-10(13-6-7-14(17)15(18)8-13)20-9-11-2-4-12(5-3-11)16(19)21/h2-8,10,20H,9H2,1H3,(H2,19,21)/t10-/m0/s1. The molecular formula is C16H16F2N2O. The lowest BCUT2D eigenvalue weighted by atomic mass is 10.1. The van der Waals surface area contributed by atoms with Crippen molar-refractivity contribution >= 4 is 5.91 Å². The highest BCUT2D eigenvalue weighted by atomic mass is 19.2. The van der Waals surface area contributed by atoms with E-state index in [-0.39, 0.29) is 6.04 Å². The smallest absolute Gasteiger partial charge is 0.248 e. The quantitative estimate of drug-likeness (QED) is 0.889. The SMILES string of the molecule is C[C@H](NCc1ccc(C(N)=O)cc1)c1ccc(F)c(F)c1. The molecule has 0 radical (unpaired) electrons. The number of hydrogen-bond donors (Lipinski definition) is 2. The molecule has 3 N–H and O–H groups in total. The minimum absolute atomic E-state index is 0.129. The molecular weight excluding hydrogens is 274 g/mol. The van der Waals surface area contributed by atoms with Gasteiger partial charge in [-0.15, -0.1) is 0 Å². The molecule has 0 aromatic heterocycles. The van der Waals surface area contributed by atoms with Crippen LogP contribution in [0, 0.1) is 11.6 Å². The van der Waals surface area contributed by atoms with Crippen LogP contribution < -0.4 is 11.1 Å². The van der Waals surface area contributed by atoms with Crippen LogP contribution in [0.15, 0.2) is 42.5 Å². The molecule has 2 aromatic carbocycles. The van der Waals surface area contributed by atoms with Crippen LogP contribution in [-0.2, 0) is 6.54 Å². The number of primary amides is 1. The third-order valence-corrected chi connectivity index (χ3v) is 3.29. The first-order valence-electron chi connectivity index (χ1n) is 6.54. The highest BCUT2D eigenvalue weighted by Crippen LogP contribution is 2.16. The monoisotopic (exact) mass is 290 g/mol. The summed E-state index contributed by atoms with van der Waals surface area (Å²) in [4.78, 5) is 11.0. The molecule has 0 bridgehead atoms. The largest absolute Gasteiger partial charge is 0.366 e. The second kappa shape index (κ2) is 6.45. The number of nitrogens with one attached hydrogen (secondary N) is 1. The van der Waals surface area contributed by atoms with E-state index in [1.54, 1.807) is 30.3 Å². The molecule has 1 amide bonds. The lowest BCUT2D eigenvalue weighted by Gasteiger charge is -2.14. The molecule has 1 atom stereocenters. The van der Waals surface area contributed by atoms with Crippen molar-refractivity contribution in [2.75, 3.05) is 0 Å². The first-order chi connectivity index (χ1) is 9.97. The molecule has 110 valence electrons. The third-order valence-electron chi connectivity index (χ3n) is 3.29. The molecule has 0 saturated carbocycles. The average Bonchev–Trinajstić information content (AvgIpc) is 2.48. The van der Waals surface area contributed by atoms with E-state index in [1.807, 2.05) is 6.92 Å². The van der Waals surface area contributed by atoms with E-state index in [0.29, 0.717) is 17.7 Å². The number of amides is 1. The second-order valence-corrected chi connectivity index (χ2v) is 4.84. The summed E-state index contributed by atoms with van der Waals surface area (Å²) in [5.41, 5.74) is 7.26. The maximum atomic E-state index is 13.2. The van der Waals surface area contributed by atoms with E-state index in [4.69, 9.17) is 5.73 Å². The highest BCUT2D eigenvalue weighted by Gasteiger charge is 2.09. The van der Waals surface area contributed by atoms with Gasteiger partial charge in [0.15, 0.2) is 11.6 Å². The van der Waals surface area contributed by atoms with Crippen LogP contribution in [-0.4, -0.2) is 5.91 Å². The maximum Gasteiger partial charge on any atom is 0.248 e. The Balaban J connectivity index is 1.98. The van der Waals surface area contributed by atoms with Crippen molar-refractivity contribution in [1.29, 1.82) is 0 Å². The molecule has 0 fully saturated rings. The van der Waals surface area contributed by atoms with Crippen LogP contribution in [0.2, 0.25) is 0 Å². The lowest BCUT2D eigenvalue weighted by molar-refractivity contribution is 0.100. The summed E-state index contributed by atoms with van der Waals surface area (Å²) >= 11 is 0. The Morgan fingerprint density at radius 2 is 1.81 bits per heavy atom. The molecule has 5 heteroatoms. The van der Waals surface area contributed by atoms with Gasteiger partial charge in [-0.2, -0.15) is 0 Å². The van der Waals surface area contributed by atoms with Crippen molar-refractivity contribution in [3.05, 3.63) is 70.8 Å². The molecule has 0 heterocycles. The van der Waals surface area contributed by atoms with E-state index in [1.165, 1.54) is 6.07 Å². The Morgan fingerprint density at radius 1 is 1.14 bits per heavy atom. The minimum atomic E-state index is -0.855. The maximum absolute atomic E-state index is 13.2. The van der Waals surface area contributed by atoms with Gasteiger partial charge in [0.1, 0.15) is 0 Å². The van der Waals surface area contributed by atoms with Gasteiger partial charge < -0.3 is 11.1 Å². The molecule has 0 spiro atoms. The molecule has 21 heavy (non-hydrogen) atoms. The summed E-state index contributed by atoms with van der Waals surface area (Å²) in [6.07, 6.45) is 0. The fourth-order valence-corrected chi connectivity index (χ4v) is 1.96. The summed E-state index contributed by atoms with van der Waals surface area (Å²) in [5, 5.41) is 3.21. The molecule has 3 nitrogen and oxygen atoms in total. The number of hydrogen-bond acceptors (Lipinski definition) is 2. The number of benzene rings is 2. The second-order valence-electron chi connectivity index (χ2n) is 4.84. The van der Waals surface area contributed by atoms with Gasteiger partial charge in [0.25, 0.3) is 0 Å². The molecule has 0 aliphatic rings. The van der Waals surface area contributed by atoms with Gasteiger partial charge in [-0.25, -0.2) is 8.78 Å². The van der Waals surface area contributed by atoms with Crippen molar-refractivity contribution in [2.45, 2.75) is 19.5 Å². The highest BCUT2D eigenvalue weighted by molar-refractivity contribution is 5.92. The lowest BCUT2D eigenvalue weighted by Crippen LogP contribution is -2.18. The summed E-state index contributed by atoms with van der Waals surface area (Å²) in [6, 6.07) is 10.6. The van der Waals surface area contributed by atoms with E-state index in [2.05, 4.69) is 5.32 Å². The summed E-state index contributed by atoms with van der Waals surface area (Å²) in [7, 11) is 0. The van der Waals surface area contributed by atoms with Gasteiger partial charge in [0.2, 0.25) is 5.91 Å². The Labute approximate surface area is 121 Å².